The molecular weight excluding hydrogens is 246 g/mol. The number of aliphatic carboxylic acids is 1. The molecule has 7 heteroatoms. The quantitative estimate of drug-likeness (QED) is 0.735. The number of carboxylic acids is 1. The molecule has 0 aliphatic rings. The predicted octanol–water partition coefficient (Wildman–Crippen LogP) is 0.966. The van der Waals surface area contributed by atoms with Gasteiger partial charge in [-0.1, -0.05) is 6.07 Å². The minimum absolute atomic E-state index is 0.360. The minimum atomic E-state index is -1.13. The van der Waals surface area contributed by atoms with E-state index in [1.165, 1.54) is 13.0 Å². The Morgan fingerprint density at radius 2 is 1.89 bits per heavy atom. The first kappa shape index (κ1) is 14.0. The summed E-state index contributed by atoms with van der Waals surface area (Å²) in [6.07, 6.45) is 0. The van der Waals surface area contributed by atoms with E-state index in [1.807, 2.05) is 5.32 Å². The van der Waals surface area contributed by atoms with Gasteiger partial charge in [-0.05, 0) is 19.1 Å². The molecule has 0 bridgehead atoms. The van der Waals surface area contributed by atoms with Crippen molar-refractivity contribution in [3.05, 3.63) is 29.8 Å². The van der Waals surface area contributed by atoms with Gasteiger partial charge in [0.15, 0.2) is 0 Å². The Bertz CT molecular complexity index is 445. The number of nitrogens with one attached hydrogen (secondary N) is 2. The summed E-state index contributed by atoms with van der Waals surface area (Å²) in [6.45, 7) is 0.987. The number of carbonyl (C=O) groups excluding carboxylic acids is 1. The van der Waals surface area contributed by atoms with E-state index in [0.29, 0.717) is 0 Å². The van der Waals surface area contributed by atoms with Gasteiger partial charge in [0, 0.05) is 0 Å². The fourth-order valence-corrected chi connectivity index (χ4v) is 1.13. The van der Waals surface area contributed by atoms with Crippen LogP contribution in [0.1, 0.15) is 6.92 Å². The van der Waals surface area contributed by atoms with Crippen molar-refractivity contribution in [2.24, 2.45) is 0 Å². The molecule has 0 radical (unpaired) electrons. The Morgan fingerprint density at radius 1 is 1.33 bits per heavy atom. The largest absolute Gasteiger partial charge is 0.480 e. The normalized spacial score (nSPS) is 11.9. The van der Waals surface area contributed by atoms with Crippen LogP contribution in [-0.2, 0) is 9.59 Å². The van der Waals surface area contributed by atoms with Crippen LogP contribution >= 0.6 is 0 Å². The Balaban J connectivity index is 2.58. The third-order valence-electron chi connectivity index (χ3n) is 2.17. The van der Waals surface area contributed by atoms with Gasteiger partial charge in [-0.3, -0.25) is 14.9 Å². The van der Waals surface area contributed by atoms with Gasteiger partial charge in [-0.25, -0.2) is 8.78 Å². The topological polar surface area (TPSA) is 78.4 Å². The molecule has 1 rings (SSSR count). The summed E-state index contributed by atoms with van der Waals surface area (Å²) in [7, 11) is 0. The second kappa shape index (κ2) is 6.06. The second-order valence-corrected chi connectivity index (χ2v) is 3.59. The van der Waals surface area contributed by atoms with Crippen molar-refractivity contribution in [2.45, 2.75) is 13.0 Å². The highest BCUT2D eigenvalue weighted by Gasteiger charge is 2.14. The molecule has 1 aromatic rings. The van der Waals surface area contributed by atoms with Crippen molar-refractivity contribution in [1.29, 1.82) is 0 Å². The van der Waals surface area contributed by atoms with Crippen molar-refractivity contribution in [3.63, 3.8) is 0 Å². The number of halogens is 2. The lowest BCUT2D eigenvalue weighted by Crippen LogP contribution is -2.39. The SMILES string of the molecule is CC(NCC(=O)Nc1c(F)cccc1F)C(=O)O. The molecule has 98 valence electrons. The number of hydrogen-bond acceptors (Lipinski definition) is 3. The van der Waals surface area contributed by atoms with E-state index in [-0.39, 0.29) is 6.54 Å². The molecule has 18 heavy (non-hydrogen) atoms. The molecule has 0 aliphatic carbocycles. The minimum Gasteiger partial charge on any atom is -0.480 e. The van der Waals surface area contributed by atoms with Gasteiger partial charge in [0.1, 0.15) is 23.4 Å². The Labute approximate surface area is 102 Å². The molecule has 1 atom stereocenters. The van der Waals surface area contributed by atoms with Crippen molar-refractivity contribution in [2.75, 3.05) is 11.9 Å². The highest BCUT2D eigenvalue weighted by Crippen LogP contribution is 2.17. The van der Waals surface area contributed by atoms with Crippen LogP contribution in [0.2, 0.25) is 0 Å². The lowest BCUT2D eigenvalue weighted by Gasteiger charge is -2.10. The fraction of sp³-hybridized carbons (Fsp3) is 0.273. The Morgan fingerprint density at radius 3 is 2.39 bits per heavy atom. The van der Waals surface area contributed by atoms with Crippen LogP contribution in [0.3, 0.4) is 0 Å². The van der Waals surface area contributed by atoms with E-state index in [2.05, 4.69) is 5.32 Å². The van der Waals surface area contributed by atoms with E-state index in [0.717, 1.165) is 12.1 Å². The van der Waals surface area contributed by atoms with Gasteiger partial charge in [0.2, 0.25) is 5.91 Å². The zero-order valence-corrected chi connectivity index (χ0v) is 9.54. The monoisotopic (exact) mass is 258 g/mol. The first-order chi connectivity index (χ1) is 8.41. The summed E-state index contributed by atoms with van der Waals surface area (Å²) in [5.74, 6) is -3.64. The maximum Gasteiger partial charge on any atom is 0.320 e. The number of amides is 1. The average molecular weight is 258 g/mol. The summed E-state index contributed by atoms with van der Waals surface area (Å²) in [5, 5.41) is 13.0. The van der Waals surface area contributed by atoms with E-state index in [4.69, 9.17) is 5.11 Å². The third-order valence-corrected chi connectivity index (χ3v) is 2.17. The smallest absolute Gasteiger partial charge is 0.320 e. The molecule has 0 aromatic heterocycles. The molecule has 1 amide bonds. The van der Waals surface area contributed by atoms with E-state index in [9.17, 15) is 18.4 Å². The van der Waals surface area contributed by atoms with Crippen LogP contribution in [0.4, 0.5) is 14.5 Å². The molecule has 3 N–H and O–H groups in total. The number of hydrogen-bond donors (Lipinski definition) is 3. The average Bonchev–Trinajstić information content (AvgIpc) is 2.30. The zero-order chi connectivity index (χ0) is 13.7. The zero-order valence-electron chi connectivity index (χ0n) is 9.54. The van der Waals surface area contributed by atoms with Gasteiger partial charge >= 0.3 is 5.97 Å². The number of carboxylic acid groups (broad SMARTS) is 1. The molecule has 1 aromatic carbocycles. The third kappa shape index (κ3) is 3.77. The van der Waals surface area contributed by atoms with Crippen molar-refractivity contribution in [1.82, 2.24) is 5.32 Å². The summed E-state index contributed by atoms with van der Waals surface area (Å²) >= 11 is 0. The predicted molar refractivity (Wildman–Crippen MR) is 60.1 cm³/mol. The van der Waals surface area contributed by atoms with E-state index >= 15 is 0 Å². The Hall–Kier alpha value is -2.02. The second-order valence-electron chi connectivity index (χ2n) is 3.59. The fourth-order valence-electron chi connectivity index (χ4n) is 1.13. The first-order valence-electron chi connectivity index (χ1n) is 5.12. The summed E-state index contributed by atoms with van der Waals surface area (Å²) in [6, 6.07) is 2.25. The van der Waals surface area contributed by atoms with Gasteiger partial charge in [-0.15, -0.1) is 0 Å². The number of anilines is 1. The number of para-hydroxylation sites is 1. The van der Waals surface area contributed by atoms with Crippen LogP contribution in [0, 0.1) is 11.6 Å². The van der Waals surface area contributed by atoms with Crippen molar-refractivity contribution in [3.8, 4) is 0 Å². The summed E-state index contributed by atoms with van der Waals surface area (Å²) in [4.78, 5) is 21.8. The summed E-state index contributed by atoms with van der Waals surface area (Å²) in [5.41, 5.74) is -0.549. The standard InChI is InChI=1S/C11H12F2N2O3/c1-6(11(17)18)14-5-9(16)15-10-7(12)3-2-4-8(10)13/h2-4,6,14H,5H2,1H3,(H,15,16)(H,17,18). The van der Waals surface area contributed by atoms with Crippen LogP contribution in [0.5, 0.6) is 0 Å². The lowest BCUT2D eigenvalue weighted by atomic mass is 10.3. The maximum absolute atomic E-state index is 13.2. The van der Waals surface area contributed by atoms with Crippen molar-refractivity contribution < 1.29 is 23.5 Å². The van der Waals surface area contributed by atoms with Gasteiger partial charge in [0.25, 0.3) is 0 Å². The molecule has 1 unspecified atom stereocenters. The maximum atomic E-state index is 13.2. The molecule has 0 fully saturated rings. The molecule has 0 spiro atoms. The Kier molecular flexibility index (Phi) is 4.73. The molecule has 0 saturated heterocycles. The van der Waals surface area contributed by atoms with Crippen molar-refractivity contribution >= 4 is 17.6 Å². The van der Waals surface area contributed by atoms with Crippen LogP contribution < -0.4 is 10.6 Å². The molecule has 0 aliphatic heterocycles. The van der Waals surface area contributed by atoms with Gasteiger partial charge in [-0.2, -0.15) is 0 Å². The number of carbonyl (C=O) groups is 2. The molecule has 0 saturated carbocycles. The molecular formula is C11H12F2N2O3. The van der Waals surface area contributed by atoms with Crippen LogP contribution in [0.15, 0.2) is 18.2 Å². The molecule has 0 heterocycles. The highest BCUT2D eigenvalue weighted by molar-refractivity contribution is 5.92. The van der Waals surface area contributed by atoms with Crippen LogP contribution in [0.25, 0.3) is 0 Å². The highest BCUT2D eigenvalue weighted by atomic mass is 19.1. The summed E-state index contributed by atoms with van der Waals surface area (Å²) < 4.78 is 26.3. The number of benzene rings is 1. The molecule has 5 nitrogen and oxygen atoms in total. The lowest BCUT2D eigenvalue weighted by molar-refractivity contribution is -0.139. The van der Waals surface area contributed by atoms with Crippen LogP contribution in [-0.4, -0.2) is 29.6 Å². The van der Waals surface area contributed by atoms with E-state index < -0.39 is 35.2 Å². The number of rotatable bonds is 5. The van der Waals surface area contributed by atoms with E-state index in [1.54, 1.807) is 0 Å². The first-order valence-corrected chi connectivity index (χ1v) is 5.12. The van der Waals surface area contributed by atoms with Gasteiger partial charge < -0.3 is 10.4 Å². The van der Waals surface area contributed by atoms with Gasteiger partial charge in [0.05, 0.1) is 6.54 Å².